The number of hydrogen-bond donors (Lipinski definition) is 0. The number of hydrogen-bond acceptors (Lipinski definition) is 3. The van der Waals surface area contributed by atoms with E-state index in [-0.39, 0.29) is 18.1 Å². The molecule has 0 amide bonds. The number of rotatable bonds is 3. The molecule has 0 fully saturated rings. The Hall–Kier alpha value is -1.69. The molecule has 0 saturated heterocycles. The second-order valence-corrected chi connectivity index (χ2v) is 2.89. The minimum absolute atomic E-state index is 0.00329. The monoisotopic (exact) mass is 174 g/mol. The Balaban J connectivity index is 2.66. The molecule has 0 aliphatic heterocycles. The first-order valence-corrected chi connectivity index (χ1v) is 4.07. The average Bonchev–Trinajstić information content (AvgIpc) is 2.19. The second-order valence-electron chi connectivity index (χ2n) is 2.89. The molecule has 1 atom stereocenters. The molecule has 0 N–H and O–H groups in total. The minimum atomic E-state index is -0.222. The van der Waals surface area contributed by atoms with Gasteiger partial charge < -0.3 is 0 Å². The van der Waals surface area contributed by atoms with Crippen LogP contribution in [0.15, 0.2) is 24.5 Å². The molecule has 0 aliphatic carbocycles. The van der Waals surface area contributed by atoms with Crippen LogP contribution in [0.4, 0.5) is 0 Å². The maximum Gasteiger partial charge on any atom is 0.164 e. The molecule has 0 spiro atoms. The largest absolute Gasteiger partial charge is 0.294 e. The van der Waals surface area contributed by atoms with E-state index < -0.39 is 0 Å². The number of aromatic nitrogens is 1. The predicted octanol–water partition coefficient (Wildman–Crippen LogP) is 1.81. The third-order valence-corrected chi connectivity index (χ3v) is 1.71. The zero-order valence-electron chi connectivity index (χ0n) is 7.40. The van der Waals surface area contributed by atoms with E-state index in [1.54, 1.807) is 31.5 Å². The lowest BCUT2D eigenvalue weighted by Crippen LogP contribution is -2.04. The maximum absolute atomic E-state index is 11.4. The number of carbonyl (C=O) groups is 1. The highest BCUT2D eigenvalue weighted by Gasteiger charge is 2.09. The maximum atomic E-state index is 11.4. The van der Waals surface area contributed by atoms with Crippen LogP contribution in [0.2, 0.25) is 0 Å². The third kappa shape index (κ3) is 2.68. The van der Waals surface area contributed by atoms with E-state index >= 15 is 0 Å². The Labute approximate surface area is 77.0 Å². The topological polar surface area (TPSA) is 53.8 Å². The average molecular weight is 174 g/mol. The van der Waals surface area contributed by atoms with Gasteiger partial charge in [-0.05, 0) is 19.1 Å². The summed E-state index contributed by atoms with van der Waals surface area (Å²) >= 11 is 0. The summed E-state index contributed by atoms with van der Waals surface area (Å²) in [6.45, 7) is 1.74. The van der Waals surface area contributed by atoms with Gasteiger partial charge in [0, 0.05) is 24.4 Å². The molecular formula is C10H10N2O. The first kappa shape index (κ1) is 9.40. The summed E-state index contributed by atoms with van der Waals surface area (Å²) in [5, 5.41) is 8.52. The normalized spacial score (nSPS) is 11.7. The number of Topliss-reactive ketones (excluding diaryl/α,β-unsaturated/α-hetero) is 1. The predicted molar refractivity (Wildman–Crippen MR) is 48.0 cm³/mol. The molecule has 0 radical (unpaired) electrons. The van der Waals surface area contributed by atoms with Gasteiger partial charge in [-0.15, -0.1) is 0 Å². The molecule has 1 heterocycles. The van der Waals surface area contributed by atoms with Crippen molar-refractivity contribution in [1.82, 2.24) is 4.98 Å². The summed E-state index contributed by atoms with van der Waals surface area (Å²) in [6, 6.07) is 5.35. The van der Waals surface area contributed by atoms with Gasteiger partial charge in [-0.1, -0.05) is 0 Å². The van der Waals surface area contributed by atoms with Gasteiger partial charge in [-0.3, -0.25) is 9.78 Å². The van der Waals surface area contributed by atoms with Gasteiger partial charge in [-0.25, -0.2) is 0 Å². The van der Waals surface area contributed by atoms with E-state index in [2.05, 4.69) is 4.98 Å². The number of nitrogens with zero attached hydrogens (tertiary/aromatic N) is 2. The summed E-state index contributed by atoms with van der Waals surface area (Å²) in [5.74, 6) is -0.225. The van der Waals surface area contributed by atoms with Crippen molar-refractivity contribution in [3.63, 3.8) is 0 Å². The standard InChI is InChI=1S/C10H10N2O/c1-8(7-11)6-10(13)9-2-4-12-5-3-9/h2-5,8H,6H2,1H3. The molecule has 3 heteroatoms. The highest BCUT2D eigenvalue weighted by atomic mass is 16.1. The third-order valence-electron chi connectivity index (χ3n) is 1.71. The molecule has 66 valence electrons. The summed E-state index contributed by atoms with van der Waals surface area (Å²) < 4.78 is 0. The lowest BCUT2D eigenvalue weighted by atomic mass is 10.0. The highest BCUT2D eigenvalue weighted by molar-refractivity contribution is 5.96. The Morgan fingerprint density at radius 2 is 2.23 bits per heavy atom. The van der Waals surface area contributed by atoms with Crippen LogP contribution in [-0.4, -0.2) is 10.8 Å². The molecule has 13 heavy (non-hydrogen) atoms. The van der Waals surface area contributed by atoms with Crippen LogP contribution in [0, 0.1) is 17.2 Å². The van der Waals surface area contributed by atoms with Crippen molar-refractivity contribution in [2.24, 2.45) is 5.92 Å². The number of nitriles is 1. The number of ketones is 1. The number of carbonyl (C=O) groups excluding carboxylic acids is 1. The van der Waals surface area contributed by atoms with E-state index in [9.17, 15) is 4.79 Å². The van der Waals surface area contributed by atoms with Crippen LogP contribution in [0.5, 0.6) is 0 Å². The minimum Gasteiger partial charge on any atom is -0.294 e. The first-order valence-electron chi connectivity index (χ1n) is 4.07. The van der Waals surface area contributed by atoms with Crippen LogP contribution in [0.25, 0.3) is 0 Å². The Kier molecular flexibility index (Phi) is 3.15. The fourth-order valence-electron chi connectivity index (χ4n) is 0.979. The van der Waals surface area contributed by atoms with E-state index in [0.717, 1.165) is 0 Å². The van der Waals surface area contributed by atoms with Gasteiger partial charge >= 0.3 is 0 Å². The molecule has 0 aromatic carbocycles. The van der Waals surface area contributed by atoms with Crippen molar-refractivity contribution < 1.29 is 4.79 Å². The van der Waals surface area contributed by atoms with E-state index in [4.69, 9.17) is 5.26 Å². The molecule has 0 bridgehead atoms. The van der Waals surface area contributed by atoms with Crippen LogP contribution in [0.3, 0.4) is 0 Å². The zero-order chi connectivity index (χ0) is 9.68. The van der Waals surface area contributed by atoms with Gasteiger partial charge in [0.15, 0.2) is 5.78 Å². The summed E-state index contributed by atoms with van der Waals surface area (Å²) in [7, 11) is 0. The van der Waals surface area contributed by atoms with Crippen LogP contribution in [0.1, 0.15) is 23.7 Å². The zero-order valence-corrected chi connectivity index (χ0v) is 7.40. The van der Waals surface area contributed by atoms with Gasteiger partial charge in [-0.2, -0.15) is 5.26 Å². The van der Waals surface area contributed by atoms with Crippen molar-refractivity contribution in [3.05, 3.63) is 30.1 Å². The summed E-state index contributed by atoms with van der Waals surface area (Å²) in [4.78, 5) is 15.2. The van der Waals surface area contributed by atoms with Gasteiger partial charge in [0.25, 0.3) is 0 Å². The number of pyridine rings is 1. The van der Waals surface area contributed by atoms with Gasteiger partial charge in [0.1, 0.15) is 0 Å². The summed E-state index contributed by atoms with van der Waals surface area (Å²) in [5.41, 5.74) is 0.622. The van der Waals surface area contributed by atoms with E-state index in [1.807, 2.05) is 6.07 Å². The smallest absolute Gasteiger partial charge is 0.164 e. The Morgan fingerprint density at radius 3 is 2.77 bits per heavy atom. The van der Waals surface area contributed by atoms with Crippen molar-refractivity contribution >= 4 is 5.78 Å². The van der Waals surface area contributed by atoms with Crippen LogP contribution in [-0.2, 0) is 0 Å². The van der Waals surface area contributed by atoms with Crippen molar-refractivity contribution in [1.29, 1.82) is 5.26 Å². The Morgan fingerprint density at radius 1 is 1.62 bits per heavy atom. The quantitative estimate of drug-likeness (QED) is 0.656. The Bertz CT molecular complexity index is 327. The molecule has 1 aromatic rings. The molecule has 1 aromatic heterocycles. The lowest BCUT2D eigenvalue weighted by molar-refractivity contribution is 0.0972. The van der Waals surface area contributed by atoms with Crippen molar-refractivity contribution in [2.75, 3.05) is 0 Å². The fraction of sp³-hybridized carbons (Fsp3) is 0.300. The highest BCUT2D eigenvalue weighted by Crippen LogP contribution is 2.07. The van der Waals surface area contributed by atoms with E-state index in [0.29, 0.717) is 5.56 Å². The SMILES string of the molecule is CC(C#N)CC(=O)c1ccncc1. The first-order chi connectivity index (χ1) is 6.24. The van der Waals surface area contributed by atoms with Crippen molar-refractivity contribution in [3.8, 4) is 6.07 Å². The molecular weight excluding hydrogens is 164 g/mol. The second kappa shape index (κ2) is 4.36. The van der Waals surface area contributed by atoms with Crippen molar-refractivity contribution in [2.45, 2.75) is 13.3 Å². The molecule has 0 saturated carbocycles. The molecule has 1 rings (SSSR count). The lowest BCUT2D eigenvalue weighted by Gasteiger charge is -2.00. The van der Waals surface area contributed by atoms with Gasteiger partial charge in [0.2, 0.25) is 0 Å². The fourth-order valence-corrected chi connectivity index (χ4v) is 0.979. The van der Waals surface area contributed by atoms with Crippen LogP contribution >= 0.6 is 0 Å². The molecule has 0 aliphatic rings. The van der Waals surface area contributed by atoms with E-state index in [1.165, 1.54) is 0 Å². The van der Waals surface area contributed by atoms with Crippen LogP contribution < -0.4 is 0 Å². The molecule has 1 unspecified atom stereocenters. The molecule has 3 nitrogen and oxygen atoms in total. The van der Waals surface area contributed by atoms with Gasteiger partial charge in [0.05, 0.1) is 12.0 Å². The summed E-state index contributed by atoms with van der Waals surface area (Å²) in [6.07, 6.45) is 3.43.